The molecule has 0 unspecified atom stereocenters. The van der Waals surface area contributed by atoms with Crippen LogP contribution in [-0.4, -0.2) is 45.0 Å². The van der Waals surface area contributed by atoms with Crippen molar-refractivity contribution in [3.63, 3.8) is 0 Å². The van der Waals surface area contributed by atoms with E-state index in [1.165, 1.54) is 4.57 Å². The Morgan fingerprint density at radius 3 is 2.40 bits per heavy atom. The molecular formula is C16H30N2O5Si2. The molecule has 0 aliphatic carbocycles. The van der Waals surface area contributed by atoms with Gasteiger partial charge in [-0.1, -0.05) is 0 Å². The van der Waals surface area contributed by atoms with Crippen molar-refractivity contribution >= 4 is 16.6 Å². The van der Waals surface area contributed by atoms with Crippen molar-refractivity contribution in [3.05, 3.63) is 32.6 Å². The maximum absolute atomic E-state index is 12.2. The standard InChI is InChI=1S/C16H30N2O5Si2/c1-11-9-18(16(20)17-15(11)19)14-8-12(23-25(5,6)7)13(22-14)10-21-24(2,3)4/h9,12-14H,8,10H2,1-7H3,(H,17,19,20)/t12-,13+,14+/m0/s1. The van der Waals surface area contributed by atoms with E-state index in [-0.39, 0.29) is 17.8 Å². The second-order valence-electron chi connectivity index (χ2n) is 8.54. The van der Waals surface area contributed by atoms with E-state index in [0.29, 0.717) is 18.6 Å². The van der Waals surface area contributed by atoms with Crippen LogP contribution >= 0.6 is 0 Å². The minimum Gasteiger partial charge on any atom is -0.415 e. The van der Waals surface area contributed by atoms with Crippen LogP contribution in [0, 0.1) is 6.92 Å². The highest BCUT2D eigenvalue weighted by Crippen LogP contribution is 2.32. The summed E-state index contributed by atoms with van der Waals surface area (Å²) in [7, 11) is -3.45. The molecule has 25 heavy (non-hydrogen) atoms. The lowest BCUT2D eigenvalue weighted by molar-refractivity contribution is -0.0397. The van der Waals surface area contributed by atoms with E-state index < -0.39 is 28.6 Å². The Labute approximate surface area is 150 Å². The van der Waals surface area contributed by atoms with Gasteiger partial charge in [0.25, 0.3) is 5.56 Å². The summed E-state index contributed by atoms with van der Waals surface area (Å²) in [4.78, 5) is 26.1. The number of aromatic amines is 1. The van der Waals surface area contributed by atoms with Gasteiger partial charge < -0.3 is 13.6 Å². The van der Waals surface area contributed by atoms with Crippen LogP contribution in [0.15, 0.2) is 15.8 Å². The van der Waals surface area contributed by atoms with E-state index in [2.05, 4.69) is 44.3 Å². The van der Waals surface area contributed by atoms with E-state index in [1.807, 2.05) is 0 Å². The number of aromatic nitrogens is 2. The molecule has 0 spiro atoms. The molecule has 9 heteroatoms. The summed E-state index contributed by atoms with van der Waals surface area (Å²) < 4.78 is 19.9. The summed E-state index contributed by atoms with van der Waals surface area (Å²) in [6.07, 6.45) is 1.32. The first-order valence-corrected chi connectivity index (χ1v) is 15.5. The molecular weight excluding hydrogens is 356 g/mol. The van der Waals surface area contributed by atoms with Gasteiger partial charge in [0.2, 0.25) is 0 Å². The van der Waals surface area contributed by atoms with Gasteiger partial charge in [-0.05, 0) is 46.2 Å². The smallest absolute Gasteiger partial charge is 0.330 e. The number of hydrogen-bond acceptors (Lipinski definition) is 5. The fourth-order valence-electron chi connectivity index (χ4n) is 2.73. The van der Waals surface area contributed by atoms with Crippen LogP contribution < -0.4 is 11.2 Å². The molecule has 0 amide bonds. The summed E-state index contributed by atoms with van der Waals surface area (Å²) in [5.74, 6) is 0. The molecule has 1 N–H and O–H groups in total. The highest BCUT2D eigenvalue weighted by molar-refractivity contribution is 6.70. The normalized spacial score (nSPS) is 24.7. The first kappa shape index (κ1) is 20.3. The number of ether oxygens (including phenoxy) is 1. The Balaban J connectivity index is 2.23. The number of H-pyrrole nitrogens is 1. The molecule has 1 aliphatic rings. The quantitative estimate of drug-likeness (QED) is 0.758. The van der Waals surface area contributed by atoms with E-state index in [9.17, 15) is 9.59 Å². The SMILES string of the molecule is Cc1cn([C@H]2C[C@H](O[Si](C)(C)C)[C@@H](CO[Si](C)(C)C)O2)c(=O)[nH]c1=O. The van der Waals surface area contributed by atoms with Crippen LogP contribution in [0.5, 0.6) is 0 Å². The number of aryl methyl sites for hydroxylation is 1. The first-order chi connectivity index (χ1) is 11.4. The highest BCUT2D eigenvalue weighted by Gasteiger charge is 2.40. The van der Waals surface area contributed by atoms with Gasteiger partial charge in [-0.25, -0.2) is 4.79 Å². The lowest BCUT2D eigenvalue weighted by Crippen LogP contribution is -2.40. The van der Waals surface area contributed by atoms with Crippen molar-refractivity contribution in [1.29, 1.82) is 0 Å². The Kier molecular flexibility index (Phi) is 5.94. The zero-order chi connectivity index (χ0) is 19.0. The van der Waals surface area contributed by atoms with E-state index >= 15 is 0 Å². The molecule has 2 rings (SSSR count). The maximum Gasteiger partial charge on any atom is 0.330 e. The predicted octanol–water partition coefficient (Wildman–Crippen LogP) is 2.20. The molecule has 1 aromatic rings. The van der Waals surface area contributed by atoms with Gasteiger partial charge in [0.05, 0.1) is 12.7 Å². The van der Waals surface area contributed by atoms with Crippen LogP contribution in [0.1, 0.15) is 18.2 Å². The maximum atomic E-state index is 12.2. The lowest BCUT2D eigenvalue weighted by atomic mass is 10.2. The number of hydrogen-bond donors (Lipinski definition) is 1. The van der Waals surface area contributed by atoms with Gasteiger partial charge in [0.1, 0.15) is 12.3 Å². The lowest BCUT2D eigenvalue weighted by Gasteiger charge is -2.28. The summed E-state index contributed by atoms with van der Waals surface area (Å²) in [5, 5.41) is 0. The molecule has 1 aliphatic heterocycles. The van der Waals surface area contributed by atoms with Gasteiger partial charge in [-0.3, -0.25) is 14.3 Å². The Bertz CT molecular complexity index is 717. The van der Waals surface area contributed by atoms with Crippen LogP contribution in [-0.2, 0) is 13.6 Å². The zero-order valence-electron chi connectivity index (χ0n) is 16.2. The Morgan fingerprint density at radius 2 is 1.84 bits per heavy atom. The molecule has 0 saturated carbocycles. The molecule has 142 valence electrons. The molecule has 7 nitrogen and oxygen atoms in total. The molecule has 1 fully saturated rings. The summed E-state index contributed by atoms with van der Waals surface area (Å²) in [6.45, 7) is 14.9. The van der Waals surface area contributed by atoms with E-state index in [1.54, 1.807) is 13.1 Å². The minimum absolute atomic E-state index is 0.118. The van der Waals surface area contributed by atoms with Gasteiger partial charge in [-0.2, -0.15) is 0 Å². The average Bonchev–Trinajstić information content (AvgIpc) is 2.80. The molecule has 0 radical (unpaired) electrons. The Morgan fingerprint density at radius 1 is 1.20 bits per heavy atom. The van der Waals surface area contributed by atoms with Crippen molar-refractivity contribution in [1.82, 2.24) is 9.55 Å². The molecule has 3 atom stereocenters. The summed E-state index contributed by atoms with van der Waals surface area (Å²) in [6, 6.07) is 0. The van der Waals surface area contributed by atoms with Crippen molar-refractivity contribution < 1.29 is 13.6 Å². The largest absolute Gasteiger partial charge is 0.415 e. The van der Waals surface area contributed by atoms with E-state index in [4.69, 9.17) is 13.6 Å². The molecule has 0 bridgehead atoms. The van der Waals surface area contributed by atoms with Crippen LogP contribution in [0.25, 0.3) is 0 Å². The fourth-order valence-corrected chi connectivity index (χ4v) is 4.55. The van der Waals surface area contributed by atoms with Crippen molar-refractivity contribution in [3.8, 4) is 0 Å². The Hall–Kier alpha value is -1.01. The zero-order valence-corrected chi connectivity index (χ0v) is 18.2. The summed E-state index contributed by atoms with van der Waals surface area (Å²) in [5.41, 5.74) is -0.348. The molecule has 1 aromatic heterocycles. The van der Waals surface area contributed by atoms with Crippen LogP contribution in [0.4, 0.5) is 0 Å². The minimum atomic E-state index is -1.77. The second kappa shape index (κ2) is 7.32. The van der Waals surface area contributed by atoms with Crippen molar-refractivity contribution in [2.45, 2.75) is 71.1 Å². The van der Waals surface area contributed by atoms with Crippen molar-refractivity contribution in [2.24, 2.45) is 0 Å². The van der Waals surface area contributed by atoms with Gasteiger partial charge in [0, 0.05) is 18.2 Å². The van der Waals surface area contributed by atoms with Gasteiger partial charge in [0.15, 0.2) is 16.6 Å². The van der Waals surface area contributed by atoms with E-state index in [0.717, 1.165) is 0 Å². The number of rotatable bonds is 6. The van der Waals surface area contributed by atoms with Gasteiger partial charge in [-0.15, -0.1) is 0 Å². The average molecular weight is 387 g/mol. The third-order valence-electron chi connectivity index (χ3n) is 3.82. The van der Waals surface area contributed by atoms with Crippen LogP contribution in [0.3, 0.4) is 0 Å². The van der Waals surface area contributed by atoms with Crippen molar-refractivity contribution in [2.75, 3.05) is 6.61 Å². The predicted molar refractivity (Wildman–Crippen MR) is 102 cm³/mol. The van der Waals surface area contributed by atoms with Gasteiger partial charge >= 0.3 is 5.69 Å². The second-order valence-corrected chi connectivity index (χ2v) is 17.5. The third kappa shape index (κ3) is 5.75. The highest BCUT2D eigenvalue weighted by atomic mass is 28.4. The molecule has 0 aromatic carbocycles. The number of nitrogens with zero attached hydrogens (tertiary/aromatic N) is 1. The monoisotopic (exact) mass is 386 g/mol. The summed E-state index contributed by atoms with van der Waals surface area (Å²) >= 11 is 0. The molecule has 2 heterocycles. The first-order valence-electron chi connectivity index (χ1n) is 8.65. The fraction of sp³-hybridized carbons (Fsp3) is 0.750. The topological polar surface area (TPSA) is 82.6 Å². The number of nitrogens with one attached hydrogen (secondary N) is 1. The molecule has 1 saturated heterocycles. The third-order valence-corrected chi connectivity index (χ3v) is 5.86. The van der Waals surface area contributed by atoms with Crippen LogP contribution in [0.2, 0.25) is 39.3 Å².